The monoisotopic (exact) mass is 290 g/mol. The van der Waals surface area contributed by atoms with E-state index in [2.05, 4.69) is 14.1 Å². The second kappa shape index (κ2) is 5.87. The number of likely N-dealkylation sites (tertiary alicyclic amines) is 1. The molecule has 0 saturated carbocycles. The lowest BCUT2D eigenvalue weighted by Crippen LogP contribution is -2.34. The average Bonchev–Trinajstić information content (AvgIpc) is 3.12. The number of carbonyl (C=O) groups is 1. The number of aromatic nitrogens is 2. The zero-order chi connectivity index (χ0) is 13.8. The van der Waals surface area contributed by atoms with E-state index in [-0.39, 0.29) is 12.1 Å². The van der Waals surface area contributed by atoms with E-state index in [1.807, 2.05) is 30.3 Å². The summed E-state index contributed by atoms with van der Waals surface area (Å²) in [5.74, 6) is 0.533. The van der Waals surface area contributed by atoms with Crippen molar-refractivity contribution in [2.75, 3.05) is 18.4 Å². The number of rotatable bonds is 3. The van der Waals surface area contributed by atoms with Crippen molar-refractivity contribution < 1.29 is 9.53 Å². The molecular weight excluding hydrogens is 276 g/mol. The van der Waals surface area contributed by atoms with Gasteiger partial charge < -0.3 is 15.0 Å². The maximum atomic E-state index is 12.1. The molecule has 0 bridgehead atoms. The second-order valence-corrected chi connectivity index (χ2v) is 5.07. The van der Waals surface area contributed by atoms with E-state index in [0.717, 1.165) is 23.8 Å². The summed E-state index contributed by atoms with van der Waals surface area (Å²) in [7, 11) is 0. The molecule has 20 heavy (non-hydrogen) atoms. The smallest absolute Gasteiger partial charge is 0.321 e. The van der Waals surface area contributed by atoms with Crippen LogP contribution < -0.4 is 10.1 Å². The topological polar surface area (TPSA) is 67.4 Å². The van der Waals surface area contributed by atoms with Gasteiger partial charge in [-0.2, -0.15) is 4.37 Å². The summed E-state index contributed by atoms with van der Waals surface area (Å²) in [4.78, 5) is 13.8. The number of hydrogen-bond donors (Lipinski definition) is 1. The molecule has 1 aliphatic rings. The highest BCUT2D eigenvalue weighted by molar-refractivity contribution is 6.99. The summed E-state index contributed by atoms with van der Waals surface area (Å²) in [6, 6.07) is 9.32. The molecule has 1 aromatic carbocycles. The molecule has 2 heterocycles. The van der Waals surface area contributed by atoms with Crippen LogP contribution in [0.2, 0.25) is 0 Å². The minimum absolute atomic E-state index is 0.0135. The van der Waals surface area contributed by atoms with Crippen LogP contribution in [0.5, 0.6) is 5.88 Å². The molecule has 0 radical (unpaired) electrons. The van der Waals surface area contributed by atoms with Crippen molar-refractivity contribution in [3.05, 3.63) is 36.5 Å². The Bertz CT molecular complexity index is 561. The molecule has 1 N–H and O–H groups in total. The van der Waals surface area contributed by atoms with Gasteiger partial charge in [-0.1, -0.05) is 18.2 Å². The van der Waals surface area contributed by atoms with Gasteiger partial charge in [0.1, 0.15) is 12.3 Å². The van der Waals surface area contributed by atoms with E-state index >= 15 is 0 Å². The van der Waals surface area contributed by atoms with Gasteiger partial charge in [0, 0.05) is 18.7 Å². The first kappa shape index (κ1) is 12.9. The summed E-state index contributed by atoms with van der Waals surface area (Å²) in [5.41, 5.74) is 0.797. The first-order valence-corrected chi connectivity index (χ1v) is 7.09. The molecule has 6 nitrogen and oxygen atoms in total. The van der Waals surface area contributed by atoms with Gasteiger partial charge in [0.05, 0.1) is 18.3 Å². The van der Waals surface area contributed by atoms with Crippen LogP contribution in [-0.2, 0) is 0 Å². The summed E-state index contributed by atoms with van der Waals surface area (Å²) in [6.45, 7) is 1.25. The summed E-state index contributed by atoms with van der Waals surface area (Å²) < 4.78 is 13.6. The van der Waals surface area contributed by atoms with Gasteiger partial charge in [0.2, 0.25) is 5.88 Å². The lowest BCUT2D eigenvalue weighted by Gasteiger charge is -2.17. The zero-order valence-electron chi connectivity index (χ0n) is 10.7. The molecule has 1 aromatic heterocycles. The molecule has 2 amide bonds. The Hall–Kier alpha value is -2.15. The van der Waals surface area contributed by atoms with E-state index in [0.29, 0.717) is 19.0 Å². The lowest BCUT2D eigenvalue weighted by atomic mass is 10.3. The Morgan fingerprint density at radius 3 is 3.00 bits per heavy atom. The largest absolute Gasteiger partial charge is 0.471 e. The molecule has 1 aliphatic heterocycles. The average molecular weight is 290 g/mol. The Morgan fingerprint density at radius 2 is 2.25 bits per heavy atom. The summed E-state index contributed by atoms with van der Waals surface area (Å²) in [5, 5.41) is 2.87. The van der Waals surface area contributed by atoms with Crippen LogP contribution in [-0.4, -0.2) is 38.9 Å². The fraction of sp³-hybridized carbons (Fsp3) is 0.308. The van der Waals surface area contributed by atoms with Crippen LogP contribution in [0.1, 0.15) is 6.42 Å². The quantitative estimate of drug-likeness (QED) is 0.941. The van der Waals surface area contributed by atoms with E-state index in [4.69, 9.17) is 4.74 Å². The predicted octanol–water partition coefficient (Wildman–Crippen LogP) is 2.22. The highest BCUT2D eigenvalue weighted by Gasteiger charge is 2.28. The molecule has 7 heteroatoms. The number of hydrogen-bond acceptors (Lipinski definition) is 5. The molecule has 2 aromatic rings. The van der Waals surface area contributed by atoms with Crippen LogP contribution in [0, 0.1) is 0 Å². The van der Waals surface area contributed by atoms with Crippen LogP contribution in [0.15, 0.2) is 36.5 Å². The Balaban J connectivity index is 1.53. The van der Waals surface area contributed by atoms with Gasteiger partial charge in [-0.15, -0.1) is 4.37 Å². The fourth-order valence-corrected chi connectivity index (χ4v) is 2.47. The number of urea groups is 1. The highest BCUT2D eigenvalue weighted by atomic mass is 32.1. The van der Waals surface area contributed by atoms with Gasteiger partial charge in [-0.05, 0) is 12.1 Å². The van der Waals surface area contributed by atoms with Crippen molar-refractivity contribution >= 4 is 23.4 Å². The van der Waals surface area contributed by atoms with Crippen LogP contribution in [0.3, 0.4) is 0 Å². The van der Waals surface area contributed by atoms with Gasteiger partial charge in [0.15, 0.2) is 0 Å². The van der Waals surface area contributed by atoms with Gasteiger partial charge in [0.25, 0.3) is 0 Å². The molecule has 0 aliphatic carbocycles. The SMILES string of the molecule is O=C(Nc1ccccc1)N1CCC(Oc2cnsn2)C1. The van der Waals surface area contributed by atoms with Crippen LogP contribution in [0.25, 0.3) is 0 Å². The van der Waals surface area contributed by atoms with Gasteiger partial charge in [-0.3, -0.25) is 0 Å². The van der Waals surface area contributed by atoms with Crippen molar-refractivity contribution in [1.29, 1.82) is 0 Å². The molecule has 1 saturated heterocycles. The van der Waals surface area contributed by atoms with Crippen LogP contribution in [0.4, 0.5) is 10.5 Å². The maximum absolute atomic E-state index is 12.1. The molecule has 1 unspecified atom stereocenters. The molecule has 1 fully saturated rings. The van der Waals surface area contributed by atoms with E-state index in [9.17, 15) is 4.79 Å². The number of anilines is 1. The van der Waals surface area contributed by atoms with Crippen molar-refractivity contribution in [3.8, 4) is 5.88 Å². The normalized spacial score (nSPS) is 18.0. The molecule has 1 atom stereocenters. The number of carbonyl (C=O) groups excluding carboxylic acids is 1. The van der Waals surface area contributed by atoms with E-state index < -0.39 is 0 Å². The van der Waals surface area contributed by atoms with Gasteiger partial charge >= 0.3 is 6.03 Å². The van der Waals surface area contributed by atoms with Crippen molar-refractivity contribution in [2.45, 2.75) is 12.5 Å². The van der Waals surface area contributed by atoms with Crippen molar-refractivity contribution in [1.82, 2.24) is 13.6 Å². The predicted molar refractivity (Wildman–Crippen MR) is 76.0 cm³/mol. The number of benzene rings is 1. The minimum atomic E-state index is -0.0984. The third-order valence-corrected chi connectivity index (χ3v) is 3.55. The minimum Gasteiger partial charge on any atom is -0.471 e. The Labute approximate surface area is 120 Å². The van der Waals surface area contributed by atoms with Gasteiger partial charge in [-0.25, -0.2) is 4.79 Å². The Morgan fingerprint density at radius 1 is 1.40 bits per heavy atom. The Kier molecular flexibility index (Phi) is 3.78. The standard InChI is InChI=1S/C13H14N4O2S/c18-13(15-10-4-2-1-3-5-10)17-7-6-11(9-17)19-12-8-14-20-16-12/h1-5,8,11H,6-7,9H2,(H,15,18). The number of para-hydroxylation sites is 1. The van der Waals surface area contributed by atoms with E-state index in [1.54, 1.807) is 11.1 Å². The zero-order valence-corrected chi connectivity index (χ0v) is 11.5. The highest BCUT2D eigenvalue weighted by Crippen LogP contribution is 2.17. The first-order valence-electron chi connectivity index (χ1n) is 6.36. The van der Waals surface area contributed by atoms with Crippen molar-refractivity contribution in [2.24, 2.45) is 0 Å². The molecule has 104 valence electrons. The lowest BCUT2D eigenvalue weighted by molar-refractivity contribution is 0.191. The number of ether oxygens (including phenoxy) is 1. The molecular formula is C13H14N4O2S. The summed E-state index contributed by atoms with van der Waals surface area (Å²) >= 11 is 1.11. The molecule has 0 spiro atoms. The third-order valence-electron chi connectivity index (χ3n) is 3.09. The molecule has 3 rings (SSSR count). The summed E-state index contributed by atoms with van der Waals surface area (Å²) in [6.07, 6.45) is 2.39. The van der Waals surface area contributed by atoms with Crippen molar-refractivity contribution in [3.63, 3.8) is 0 Å². The fourth-order valence-electron chi connectivity index (χ4n) is 2.11. The maximum Gasteiger partial charge on any atom is 0.321 e. The number of amides is 2. The second-order valence-electron chi connectivity index (χ2n) is 4.52. The first-order chi connectivity index (χ1) is 9.81. The number of nitrogens with one attached hydrogen (secondary N) is 1. The van der Waals surface area contributed by atoms with Crippen LogP contribution >= 0.6 is 11.7 Å². The van der Waals surface area contributed by atoms with E-state index in [1.165, 1.54) is 0 Å². The third kappa shape index (κ3) is 3.05. The number of nitrogens with zero attached hydrogens (tertiary/aromatic N) is 3.